The number of ether oxygens (including phenoxy) is 1. The first-order valence-electron chi connectivity index (χ1n) is 8.28. The van der Waals surface area contributed by atoms with Crippen molar-refractivity contribution in [3.63, 3.8) is 0 Å². The molecule has 3 aromatic rings. The number of aryl methyl sites for hydroxylation is 1. The molecule has 1 heterocycles. The van der Waals surface area contributed by atoms with Crippen molar-refractivity contribution >= 4 is 34.7 Å². The van der Waals surface area contributed by atoms with Gasteiger partial charge in [-0.05, 0) is 49.2 Å². The van der Waals surface area contributed by atoms with Crippen molar-refractivity contribution in [1.82, 2.24) is 9.97 Å². The molecule has 3 rings (SSSR count). The van der Waals surface area contributed by atoms with Crippen LogP contribution in [0.5, 0.6) is 5.75 Å². The van der Waals surface area contributed by atoms with E-state index in [0.29, 0.717) is 22.3 Å². The molecule has 1 aromatic heterocycles. The second-order valence-electron chi connectivity index (χ2n) is 5.98. The van der Waals surface area contributed by atoms with Gasteiger partial charge in [-0.15, -0.1) is 0 Å². The predicted molar refractivity (Wildman–Crippen MR) is 107 cm³/mol. The Morgan fingerprint density at radius 3 is 2.59 bits per heavy atom. The van der Waals surface area contributed by atoms with Gasteiger partial charge in [-0.1, -0.05) is 23.7 Å². The van der Waals surface area contributed by atoms with Crippen LogP contribution in [0.4, 0.5) is 17.2 Å². The second kappa shape index (κ2) is 8.05. The van der Waals surface area contributed by atoms with Gasteiger partial charge in [-0.2, -0.15) is 0 Å². The van der Waals surface area contributed by atoms with E-state index in [1.165, 1.54) is 12.4 Å². The number of nitrogens with one attached hydrogen (secondary N) is 2. The molecular weight excluding hydrogens is 364 g/mol. The summed E-state index contributed by atoms with van der Waals surface area (Å²) in [7, 11) is 1.55. The monoisotopic (exact) mass is 382 g/mol. The Kier molecular flexibility index (Phi) is 5.57. The minimum atomic E-state index is -0.364. The fourth-order valence-electron chi connectivity index (χ4n) is 2.50. The highest BCUT2D eigenvalue weighted by Crippen LogP contribution is 2.26. The molecule has 0 aliphatic heterocycles. The van der Waals surface area contributed by atoms with Gasteiger partial charge in [0.05, 0.1) is 25.2 Å². The number of carbonyl (C=O) groups is 1. The van der Waals surface area contributed by atoms with Gasteiger partial charge in [0.2, 0.25) is 0 Å². The Morgan fingerprint density at radius 2 is 1.89 bits per heavy atom. The number of carbonyl (C=O) groups excluding carboxylic acids is 1. The fraction of sp³-hybridized carbons (Fsp3) is 0.150. The molecule has 138 valence electrons. The first-order valence-corrected chi connectivity index (χ1v) is 8.66. The summed E-state index contributed by atoms with van der Waals surface area (Å²) in [6, 6.07) is 11.1. The highest BCUT2D eigenvalue weighted by atomic mass is 35.5. The maximum atomic E-state index is 12.5. The van der Waals surface area contributed by atoms with Crippen LogP contribution < -0.4 is 15.4 Å². The Labute approximate surface area is 162 Å². The van der Waals surface area contributed by atoms with Crippen LogP contribution in [0.3, 0.4) is 0 Å². The highest BCUT2D eigenvalue weighted by Gasteiger charge is 2.12. The molecule has 0 bridgehead atoms. The summed E-state index contributed by atoms with van der Waals surface area (Å²) in [6.07, 6.45) is 2.92. The van der Waals surface area contributed by atoms with Crippen molar-refractivity contribution in [3.05, 3.63) is 70.6 Å². The number of rotatable bonds is 5. The topological polar surface area (TPSA) is 76.1 Å². The summed E-state index contributed by atoms with van der Waals surface area (Å²) in [5.74, 6) is 0.735. The van der Waals surface area contributed by atoms with Crippen LogP contribution in [-0.4, -0.2) is 23.0 Å². The Hall–Kier alpha value is -3.12. The van der Waals surface area contributed by atoms with Gasteiger partial charge in [0, 0.05) is 10.7 Å². The van der Waals surface area contributed by atoms with Gasteiger partial charge < -0.3 is 15.4 Å². The van der Waals surface area contributed by atoms with Gasteiger partial charge >= 0.3 is 0 Å². The number of aromatic nitrogens is 2. The number of nitrogens with zero attached hydrogens (tertiary/aromatic N) is 2. The van der Waals surface area contributed by atoms with E-state index in [-0.39, 0.29) is 11.6 Å². The molecule has 0 unspecified atom stereocenters. The molecular formula is C20H19ClN4O2. The van der Waals surface area contributed by atoms with Crippen LogP contribution in [0.25, 0.3) is 0 Å². The third kappa shape index (κ3) is 4.35. The molecule has 0 saturated heterocycles. The second-order valence-corrected chi connectivity index (χ2v) is 6.39. The van der Waals surface area contributed by atoms with E-state index in [1.54, 1.807) is 13.2 Å². The number of benzene rings is 2. The first kappa shape index (κ1) is 18.7. The molecule has 0 fully saturated rings. The zero-order valence-electron chi connectivity index (χ0n) is 15.2. The fourth-order valence-corrected chi connectivity index (χ4v) is 2.67. The van der Waals surface area contributed by atoms with E-state index >= 15 is 0 Å². The number of hydrogen-bond donors (Lipinski definition) is 2. The average molecular weight is 383 g/mol. The van der Waals surface area contributed by atoms with Gasteiger partial charge in [-0.25, -0.2) is 9.97 Å². The summed E-state index contributed by atoms with van der Waals surface area (Å²) in [5.41, 5.74) is 3.54. The lowest BCUT2D eigenvalue weighted by Crippen LogP contribution is -2.15. The van der Waals surface area contributed by atoms with Crippen molar-refractivity contribution in [2.45, 2.75) is 13.8 Å². The van der Waals surface area contributed by atoms with Crippen molar-refractivity contribution < 1.29 is 9.53 Å². The molecule has 0 aliphatic rings. The van der Waals surface area contributed by atoms with Gasteiger partial charge in [-0.3, -0.25) is 4.79 Å². The molecule has 0 atom stereocenters. The lowest BCUT2D eigenvalue weighted by Gasteiger charge is -2.11. The molecule has 0 spiro atoms. The van der Waals surface area contributed by atoms with Crippen molar-refractivity contribution in [1.29, 1.82) is 0 Å². The normalized spacial score (nSPS) is 10.4. The first-order chi connectivity index (χ1) is 13.0. The number of halogens is 1. The van der Waals surface area contributed by atoms with Crippen LogP contribution >= 0.6 is 11.6 Å². The summed E-state index contributed by atoms with van der Waals surface area (Å²) in [5, 5.41) is 6.61. The lowest BCUT2D eigenvalue weighted by molar-refractivity contribution is 0.102. The minimum absolute atomic E-state index is 0.201. The lowest BCUT2D eigenvalue weighted by atomic mass is 10.2. The highest BCUT2D eigenvalue weighted by molar-refractivity contribution is 6.31. The van der Waals surface area contributed by atoms with E-state index in [2.05, 4.69) is 20.6 Å². The standard InChI is InChI=1S/C20H19ClN4O2/c1-12-7-8-18(27-3)16(9-12)25-20(26)17-10-23-19(11-22-17)24-15-6-4-5-14(21)13(15)2/h4-11H,1-3H3,(H,23,24)(H,25,26). The van der Waals surface area contributed by atoms with Crippen molar-refractivity contribution in [2.75, 3.05) is 17.7 Å². The summed E-state index contributed by atoms with van der Waals surface area (Å²) in [4.78, 5) is 20.9. The van der Waals surface area contributed by atoms with Crippen LogP contribution in [0.1, 0.15) is 21.6 Å². The molecule has 0 radical (unpaired) electrons. The molecule has 27 heavy (non-hydrogen) atoms. The van der Waals surface area contributed by atoms with Gasteiger partial charge in [0.1, 0.15) is 17.3 Å². The van der Waals surface area contributed by atoms with Crippen LogP contribution in [0.2, 0.25) is 5.02 Å². The van der Waals surface area contributed by atoms with E-state index in [0.717, 1.165) is 16.8 Å². The molecule has 6 nitrogen and oxygen atoms in total. The molecule has 0 saturated carbocycles. The van der Waals surface area contributed by atoms with Gasteiger partial charge in [0.25, 0.3) is 5.91 Å². The predicted octanol–water partition coefficient (Wildman–Crippen LogP) is 4.75. The Bertz CT molecular complexity index is 974. The molecule has 7 heteroatoms. The summed E-state index contributed by atoms with van der Waals surface area (Å²) in [6.45, 7) is 3.85. The SMILES string of the molecule is COc1ccc(C)cc1NC(=O)c1cnc(Nc2cccc(Cl)c2C)cn1. The number of hydrogen-bond acceptors (Lipinski definition) is 5. The molecule has 2 N–H and O–H groups in total. The van der Waals surface area contributed by atoms with E-state index in [4.69, 9.17) is 16.3 Å². The molecule has 1 amide bonds. The Morgan fingerprint density at radius 1 is 1.07 bits per heavy atom. The van der Waals surface area contributed by atoms with Gasteiger partial charge in [0.15, 0.2) is 0 Å². The average Bonchev–Trinajstić information content (AvgIpc) is 2.66. The van der Waals surface area contributed by atoms with E-state index < -0.39 is 0 Å². The third-order valence-corrected chi connectivity index (χ3v) is 4.43. The van der Waals surface area contributed by atoms with Crippen LogP contribution in [-0.2, 0) is 0 Å². The summed E-state index contributed by atoms with van der Waals surface area (Å²) < 4.78 is 5.27. The third-order valence-electron chi connectivity index (χ3n) is 4.02. The minimum Gasteiger partial charge on any atom is -0.495 e. The van der Waals surface area contributed by atoms with E-state index in [1.807, 2.05) is 44.2 Å². The smallest absolute Gasteiger partial charge is 0.275 e. The largest absolute Gasteiger partial charge is 0.495 e. The zero-order chi connectivity index (χ0) is 19.4. The number of amides is 1. The molecule has 2 aromatic carbocycles. The quantitative estimate of drug-likeness (QED) is 0.665. The van der Waals surface area contributed by atoms with Crippen LogP contribution in [0.15, 0.2) is 48.8 Å². The maximum absolute atomic E-state index is 12.5. The Balaban J connectivity index is 1.74. The van der Waals surface area contributed by atoms with Crippen molar-refractivity contribution in [2.24, 2.45) is 0 Å². The number of methoxy groups -OCH3 is 1. The zero-order valence-corrected chi connectivity index (χ0v) is 16.0. The van der Waals surface area contributed by atoms with Crippen LogP contribution in [0, 0.1) is 13.8 Å². The molecule has 0 aliphatic carbocycles. The van der Waals surface area contributed by atoms with Crippen molar-refractivity contribution in [3.8, 4) is 5.75 Å². The maximum Gasteiger partial charge on any atom is 0.275 e. The number of anilines is 3. The van der Waals surface area contributed by atoms with E-state index in [9.17, 15) is 4.79 Å². The summed E-state index contributed by atoms with van der Waals surface area (Å²) >= 11 is 6.12.